The molecule has 1 heterocycles. The third kappa shape index (κ3) is 3.81. The van der Waals surface area contributed by atoms with Gasteiger partial charge in [-0.05, 0) is 30.5 Å². The first-order valence-corrected chi connectivity index (χ1v) is 7.41. The number of hydrazone groups is 1. The summed E-state index contributed by atoms with van der Waals surface area (Å²) in [5.74, 6) is -0.281. The molecule has 2 aromatic rings. The first-order chi connectivity index (χ1) is 10.4. The molecule has 3 N–H and O–H groups in total. The first kappa shape index (κ1) is 16.4. The van der Waals surface area contributed by atoms with E-state index in [1.165, 1.54) is 6.21 Å². The van der Waals surface area contributed by atoms with Crippen LogP contribution in [0.4, 0.5) is 0 Å². The molecule has 0 fully saturated rings. The predicted molar refractivity (Wildman–Crippen MR) is 90.0 cm³/mol. The van der Waals surface area contributed by atoms with Gasteiger partial charge >= 0.3 is 0 Å². The monoisotopic (exact) mass is 318 g/mol. The molecular weight excluding hydrogens is 300 g/mol. The van der Waals surface area contributed by atoms with E-state index in [-0.39, 0.29) is 11.8 Å². The van der Waals surface area contributed by atoms with Crippen molar-refractivity contribution >= 4 is 34.6 Å². The van der Waals surface area contributed by atoms with Crippen LogP contribution in [0.5, 0.6) is 0 Å². The van der Waals surface area contributed by atoms with Gasteiger partial charge < -0.3 is 5.73 Å². The van der Waals surface area contributed by atoms with Crippen LogP contribution in [0.3, 0.4) is 0 Å². The Bertz CT molecular complexity index is 727. The summed E-state index contributed by atoms with van der Waals surface area (Å²) in [5, 5.41) is 5.20. The van der Waals surface area contributed by atoms with Crippen LogP contribution in [0.25, 0.3) is 10.9 Å². The molecule has 5 nitrogen and oxygen atoms in total. The van der Waals surface area contributed by atoms with Gasteiger partial charge in [0.1, 0.15) is 5.15 Å². The topological polar surface area (TPSA) is 80.4 Å². The van der Waals surface area contributed by atoms with E-state index in [0.29, 0.717) is 10.7 Å². The van der Waals surface area contributed by atoms with E-state index in [2.05, 4.69) is 15.5 Å². The fourth-order valence-electron chi connectivity index (χ4n) is 1.90. The summed E-state index contributed by atoms with van der Waals surface area (Å²) in [6.07, 6.45) is 1.47. The lowest BCUT2D eigenvalue weighted by molar-refractivity contribution is -0.123. The molecule has 1 aromatic heterocycles. The Labute approximate surface area is 134 Å². The molecule has 2 rings (SSSR count). The highest BCUT2D eigenvalue weighted by molar-refractivity contribution is 6.32. The lowest BCUT2D eigenvalue weighted by Crippen LogP contribution is -2.42. The summed E-state index contributed by atoms with van der Waals surface area (Å²) >= 11 is 6.14. The highest BCUT2D eigenvalue weighted by Crippen LogP contribution is 2.20. The maximum absolute atomic E-state index is 11.7. The molecule has 0 spiro atoms. The smallest absolute Gasteiger partial charge is 0.257 e. The van der Waals surface area contributed by atoms with Gasteiger partial charge in [0.2, 0.25) is 0 Å². The zero-order valence-corrected chi connectivity index (χ0v) is 13.6. The minimum Gasteiger partial charge on any atom is -0.320 e. The van der Waals surface area contributed by atoms with Crippen LogP contribution in [0, 0.1) is 12.8 Å². The van der Waals surface area contributed by atoms with Crippen LogP contribution in [0.2, 0.25) is 5.15 Å². The van der Waals surface area contributed by atoms with Crippen molar-refractivity contribution in [2.45, 2.75) is 26.8 Å². The number of hydrogen-bond donors (Lipinski definition) is 2. The number of nitrogens with two attached hydrogens (primary N) is 1. The number of nitrogens with one attached hydrogen (secondary N) is 1. The lowest BCUT2D eigenvalue weighted by Gasteiger charge is -2.12. The second-order valence-corrected chi connectivity index (χ2v) is 5.93. The van der Waals surface area contributed by atoms with Crippen LogP contribution in [-0.2, 0) is 4.79 Å². The normalized spacial score (nSPS) is 13.0. The SMILES string of the molecule is Cc1ccc2cc(/C=N/NC(=O)[C@H](N)C(C)C)c(Cl)nc2c1. The second kappa shape index (κ2) is 6.85. The zero-order valence-electron chi connectivity index (χ0n) is 12.8. The van der Waals surface area contributed by atoms with Crippen molar-refractivity contribution in [1.29, 1.82) is 0 Å². The summed E-state index contributed by atoms with van der Waals surface area (Å²) in [6, 6.07) is 7.22. The lowest BCUT2D eigenvalue weighted by atomic mass is 10.1. The van der Waals surface area contributed by atoms with Gasteiger partial charge in [-0.15, -0.1) is 0 Å². The molecular formula is C16H19ClN4O. The van der Waals surface area contributed by atoms with Gasteiger partial charge in [-0.3, -0.25) is 4.79 Å². The van der Waals surface area contributed by atoms with Crippen molar-refractivity contribution in [1.82, 2.24) is 10.4 Å². The van der Waals surface area contributed by atoms with Crippen molar-refractivity contribution in [2.24, 2.45) is 16.8 Å². The van der Waals surface area contributed by atoms with E-state index in [0.717, 1.165) is 16.5 Å². The molecule has 1 amide bonds. The van der Waals surface area contributed by atoms with Gasteiger partial charge in [0.15, 0.2) is 0 Å². The van der Waals surface area contributed by atoms with Gasteiger partial charge in [0.05, 0.1) is 17.8 Å². The molecule has 0 saturated heterocycles. The first-order valence-electron chi connectivity index (χ1n) is 7.04. The fourth-order valence-corrected chi connectivity index (χ4v) is 2.10. The van der Waals surface area contributed by atoms with E-state index >= 15 is 0 Å². The summed E-state index contributed by atoms with van der Waals surface area (Å²) in [7, 11) is 0. The van der Waals surface area contributed by atoms with Crippen molar-refractivity contribution in [2.75, 3.05) is 0 Å². The van der Waals surface area contributed by atoms with Gasteiger partial charge in [0, 0.05) is 10.9 Å². The third-order valence-corrected chi connectivity index (χ3v) is 3.66. The number of carbonyl (C=O) groups excluding carboxylic acids is 1. The predicted octanol–water partition coefficient (Wildman–Crippen LogP) is 2.63. The molecule has 0 aliphatic carbocycles. The van der Waals surface area contributed by atoms with E-state index in [4.69, 9.17) is 17.3 Å². The number of aromatic nitrogens is 1. The number of aryl methyl sites for hydroxylation is 1. The number of fused-ring (bicyclic) bond motifs is 1. The van der Waals surface area contributed by atoms with Crippen LogP contribution in [0.1, 0.15) is 25.0 Å². The third-order valence-electron chi connectivity index (χ3n) is 3.35. The molecule has 1 aromatic carbocycles. The highest BCUT2D eigenvalue weighted by atomic mass is 35.5. The zero-order chi connectivity index (χ0) is 16.3. The van der Waals surface area contributed by atoms with Crippen LogP contribution < -0.4 is 11.2 Å². The maximum Gasteiger partial charge on any atom is 0.257 e. The molecule has 0 aliphatic rings. The van der Waals surface area contributed by atoms with Crippen LogP contribution in [-0.4, -0.2) is 23.1 Å². The average molecular weight is 319 g/mol. The number of hydrogen-bond acceptors (Lipinski definition) is 4. The van der Waals surface area contributed by atoms with Gasteiger partial charge in [-0.25, -0.2) is 10.4 Å². The molecule has 116 valence electrons. The number of rotatable bonds is 4. The average Bonchev–Trinajstić information content (AvgIpc) is 2.46. The Morgan fingerprint density at radius 1 is 1.41 bits per heavy atom. The highest BCUT2D eigenvalue weighted by Gasteiger charge is 2.16. The molecule has 0 radical (unpaired) electrons. The Hall–Kier alpha value is -1.98. The minimum atomic E-state index is -0.592. The van der Waals surface area contributed by atoms with Crippen molar-refractivity contribution in [3.8, 4) is 0 Å². The molecule has 1 atom stereocenters. The Morgan fingerprint density at radius 2 is 2.14 bits per heavy atom. The summed E-state index contributed by atoms with van der Waals surface area (Å²) in [5.41, 5.74) is 10.7. The summed E-state index contributed by atoms with van der Waals surface area (Å²) in [6.45, 7) is 5.75. The van der Waals surface area contributed by atoms with Crippen molar-refractivity contribution in [3.05, 3.63) is 40.5 Å². The maximum atomic E-state index is 11.7. The summed E-state index contributed by atoms with van der Waals surface area (Å²) < 4.78 is 0. The van der Waals surface area contributed by atoms with Gasteiger partial charge in [-0.2, -0.15) is 5.10 Å². The van der Waals surface area contributed by atoms with Crippen molar-refractivity contribution < 1.29 is 4.79 Å². The van der Waals surface area contributed by atoms with Crippen LogP contribution in [0.15, 0.2) is 29.4 Å². The molecule has 0 aliphatic heterocycles. The second-order valence-electron chi connectivity index (χ2n) is 5.57. The molecule has 22 heavy (non-hydrogen) atoms. The minimum absolute atomic E-state index is 0.0457. The molecule has 0 saturated carbocycles. The van der Waals surface area contributed by atoms with Crippen LogP contribution >= 0.6 is 11.6 Å². The largest absolute Gasteiger partial charge is 0.320 e. The molecule has 0 bridgehead atoms. The van der Waals surface area contributed by atoms with Gasteiger partial charge in [-0.1, -0.05) is 37.6 Å². The van der Waals surface area contributed by atoms with Gasteiger partial charge in [0.25, 0.3) is 5.91 Å². The number of benzene rings is 1. The number of pyridine rings is 1. The molecule has 6 heteroatoms. The molecule has 0 unspecified atom stereocenters. The summed E-state index contributed by atoms with van der Waals surface area (Å²) in [4.78, 5) is 16.0. The number of nitrogens with zero attached hydrogens (tertiary/aromatic N) is 2. The quantitative estimate of drug-likeness (QED) is 0.516. The number of amides is 1. The van der Waals surface area contributed by atoms with E-state index < -0.39 is 6.04 Å². The van der Waals surface area contributed by atoms with E-state index in [1.807, 2.05) is 45.0 Å². The Kier molecular flexibility index (Phi) is 5.11. The van der Waals surface area contributed by atoms with Crippen molar-refractivity contribution in [3.63, 3.8) is 0 Å². The Morgan fingerprint density at radius 3 is 2.82 bits per heavy atom. The number of carbonyl (C=O) groups is 1. The van der Waals surface area contributed by atoms with E-state index in [1.54, 1.807) is 0 Å². The standard InChI is InChI=1S/C16H19ClN4O/c1-9(2)14(18)16(22)21-19-8-12-7-11-5-4-10(3)6-13(11)20-15(12)17/h4-9,14H,18H2,1-3H3,(H,21,22)/b19-8+/t14-/m1/s1. The fraction of sp³-hybridized carbons (Fsp3) is 0.312. The Balaban J connectivity index is 2.17. The number of halogens is 1. The van der Waals surface area contributed by atoms with E-state index in [9.17, 15) is 4.79 Å².